The molecular weight excluding hydrogens is 244 g/mol. The molecule has 0 aliphatic heterocycles. The number of alkyl halides is 3. The average Bonchev–Trinajstić information content (AvgIpc) is 2.02. The predicted molar refractivity (Wildman–Crippen MR) is 48.2 cm³/mol. The maximum atomic E-state index is 12.1. The second-order valence-electron chi connectivity index (χ2n) is 2.22. The van der Waals surface area contributed by atoms with Gasteiger partial charge in [0.15, 0.2) is 0 Å². The van der Waals surface area contributed by atoms with Crippen LogP contribution in [0.15, 0.2) is 23.1 Å². The summed E-state index contributed by atoms with van der Waals surface area (Å²) in [7, 11) is 6.14. The lowest BCUT2D eigenvalue weighted by atomic mass is 10.2. The third kappa shape index (κ3) is 2.69. The Labute approximate surface area is 86.5 Å². The number of rotatable bonds is 1. The van der Waals surface area contributed by atoms with Gasteiger partial charge in [0, 0.05) is 4.90 Å². The Balaban J connectivity index is 3.10. The fourth-order valence-electron chi connectivity index (χ4n) is 0.740. The van der Waals surface area contributed by atoms with Crippen LogP contribution in [-0.4, -0.2) is 0 Å². The van der Waals surface area contributed by atoms with Crippen LogP contribution < -0.4 is 0 Å². The molecule has 0 spiro atoms. The summed E-state index contributed by atoms with van der Waals surface area (Å²) in [6, 6.07) is 3.03. The van der Waals surface area contributed by atoms with Crippen LogP contribution in [0, 0.1) is 0 Å². The van der Waals surface area contributed by atoms with Crippen molar-refractivity contribution in [3.63, 3.8) is 0 Å². The van der Waals surface area contributed by atoms with Crippen molar-refractivity contribution >= 4 is 33.3 Å². The van der Waals surface area contributed by atoms with Crippen LogP contribution in [0.1, 0.15) is 5.56 Å². The van der Waals surface area contributed by atoms with Gasteiger partial charge in [-0.2, -0.15) is 13.2 Å². The smallest absolute Gasteiger partial charge is 0.166 e. The molecular formula is C7H3Cl2F3S. The molecule has 0 aromatic heterocycles. The molecule has 0 nitrogen and oxygen atoms in total. The van der Waals surface area contributed by atoms with E-state index in [2.05, 4.69) is 0 Å². The number of hydrogen-bond acceptors (Lipinski definition) is 1. The highest BCUT2D eigenvalue weighted by molar-refractivity contribution is 8.21. The van der Waals surface area contributed by atoms with E-state index in [1.807, 2.05) is 0 Å². The summed E-state index contributed by atoms with van der Waals surface area (Å²) in [4.78, 5) is 0.413. The molecule has 0 unspecified atom stereocenters. The van der Waals surface area contributed by atoms with Gasteiger partial charge in [0.05, 0.1) is 10.6 Å². The lowest BCUT2D eigenvalue weighted by Crippen LogP contribution is -2.04. The molecule has 0 aliphatic rings. The SMILES string of the molecule is FC(F)(F)c1ccc(SCl)c(Cl)c1. The van der Waals surface area contributed by atoms with E-state index in [1.165, 1.54) is 6.07 Å². The topological polar surface area (TPSA) is 0 Å². The van der Waals surface area contributed by atoms with E-state index in [9.17, 15) is 13.2 Å². The van der Waals surface area contributed by atoms with E-state index in [4.69, 9.17) is 22.3 Å². The minimum atomic E-state index is -4.36. The molecule has 0 radical (unpaired) electrons. The third-order valence-electron chi connectivity index (χ3n) is 1.34. The highest BCUT2D eigenvalue weighted by Crippen LogP contribution is 2.36. The van der Waals surface area contributed by atoms with Gasteiger partial charge >= 0.3 is 6.18 Å². The van der Waals surface area contributed by atoms with E-state index >= 15 is 0 Å². The Hall–Kier alpha value is -0.0600. The molecule has 0 aliphatic carbocycles. The molecule has 0 fully saturated rings. The molecule has 1 rings (SSSR count). The summed E-state index contributed by atoms with van der Waals surface area (Å²) >= 11 is 5.53. The minimum Gasteiger partial charge on any atom is -0.166 e. The molecule has 0 amide bonds. The Morgan fingerprint density at radius 2 is 1.85 bits per heavy atom. The molecule has 0 bridgehead atoms. The van der Waals surface area contributed by atoms with Crippen molar-refractivity contribution in [2.75, 3.05) is 0 Å². The maximum Gasteiger partial charge on any atom is 0.416 e. The second-order valence-corrected chi connectivity index (χ2v) is 3.68. The Bertz CT molecular complexity index is 311. The van der Waals surface area contributed by atoms with Crippen molar-refractivity contribution in [1.29, 1.82) is 0 Å². The van der Waals surface area contributed by atoms with Gasteiger partial charge in [-0.1, -0.05) is 11.6 Å². The number of hydrogen-bond donors (Lipinski definition) is 0. The van der Waals surface area contributed by atoms with Gasteiger partial charge in [0.25, 0.3) is 0 Å². The summed E-state index contributed by atoms with van der Waals surface area (Å²) in [5.74, 6) is 0. The van der Waals surface area contributed by atoms with Crippen LogP contribution in [0.4, 0.5) is 13.2 Å². The highest BCUT2D eigenvalue weighted by Gasteiger charge is 2.30. The molecule has 0 saturated heterocycles. The zero-order chi connectivity index (χ0) is 10.1. The first kappa shape index (κ1) is 11.0. The van der Waals surface area contributed by atoms with Gasteiger partial charge < -0.3 is 0 Å². The van der Waals surface area contributed by atoms with Crippen LogP contribution in [-0.2, 0) is 6.18 Å². The van der Waals surface area contributed by atoms with Crippen molar-refractivity contribution in [2.24, 2.45) is 0 Å². The average molecular weight is 247 g/mol. The molecule has 0 atom stereocenters. The molecule has 1 aromatic rings. The van der Waals surface area contributed by atoms with Crippen molar-refractivity contribution in [3.05, 3.63) is 28.8 Å². The minimum absolute atomic E-state index is 0.00910. The first-order chi connectivity index (χ1) is 5.95. The van der Waals surface area contributed by atoms with Crippen molar-refractivity contribution < 1.29 is 13.2 Å². The normalized spacial score (nSPS) is 11.8. The Morgan fingerprint density at radius 1 is 1.23 bits per heavy atom. The molecule has 72 valence electrons. The monoisotopic (exact) mass is 246 g/mol. The van der Waals surface area contributed by atoms with Gasteiger partial charge in [-0.15, -0.1) is 0 Å². The molecule has 13 heavy (non-hydrogen) atoms. The highest BCUT2D eigenvalue weighted by atomic mass is 35.7. The Kier molecular flexibility index (Phi) is 3.38. The van der Waals surface area contributed by atoms with E-state index in [0.717, 1.165) is 23.1 Å². The van der Waals surface area contributed by atoms with Crippen LogP contribution in [0.25, 0.3) is 0 Å². The molecule has 0 saturated carbocycles. The van der Waals surface area contributed by atoms with Crippen molar-refractivity contribution in [3.8, 4) is 0 Å². The number of benzene rings is 1. The van der Waals surface area contributed by atoms with Crippen molar-refractivity contribution in [2.45, 2.75) is 11.1 Å². The summed E-state index contributed by atoms with van der Waals surface area (Å²) in [5.41, 5.74) is -0.771. The van der Waals surface area contributed by atoms with Crippen LogP contribution in [0.5, 0.6) is 0 Å². The van der Waals surface area contributed by atoms with Crippen LogP contribution >= 0.6 is 33.3 Å². The van der Waals surface area contributed by atoms with E-state index < -0.39 is 11.7 Å². The summed E-state index contributed by atoms with van der Waals surface area (Å²) in [5, 5.41) is 0.00910. The van der Waals surface area contributed by atoms with Crippen LogP contribution in [0.2, 0.25) is 5.02 Å². The van der Waals surface area contributed by atoms with Gasteiger partial charge in [0.1, 0.15) is 0 Å². The fraction of sp³-hybridized carbons (Fsp3) is 0.143. The summed E-state index contributed by atoms with van der Waals surface area (Å²) < 4.78 is 36.3. The molecule has 0 N–H and O–H groups in total. The van der Waals surface area contributed by atoms with Gasteiger partial charge in [0.2, 0.25) is 0 Å². The van der Waals surface area contributed by atoms with Gasteiger partial charge in [-0.3, -0.25) is 0 Å². The van der Waals surface area contributed by atoms with Gasteiger partial charge in [-0.25, -0.2) is 0 Å². The van der Waals surface area contributed by atoms with E-state index in [-0.39, 0.29) is 5.02 Å². The number of halogens is 5. The zero-order valence-electron chi connectivity index (χ0n) is 6.03. The predicted octanol–water partition coefficient (Wildman–Crippen LogP) is 4.60. The van der Waals surface area contributed by atoms with E-state index in [1.54, 1.807) is 0 Å². The van der Waals surface area contributed by atoms with Crippen LogP contribution in [0.3, 0.4) is 0 Å². The first-order valence-corrected chi connectivity index (χ1v) is 5.12. The second kappa shape index (κ2) is 3.98. The summed E-state index contributed by atoms with van der Waals surface area (Å²) in [6.45, 7) is 0. The Morgan fingerprint density at radius 3 is 2.23 bits per heavy atom. The maximum absolute atomic E-state index is 12.1. The molecule has 6 heteroatoms. The lowest BCUT2D eigenvalue weighted by molar-refractivity contribution is -0.137. The molecule has 0 heterocycles. The quantitative estimate of drug-likeness (QED) is 0.698. The summed E-state index contributed by atoms with van der Waals surface area (Å²) in [6.07, 6.45) is -4.36. The standard InChI is InChI=1S/C7H3Cl2F3S/c8-5-3-4(7(10,11)12)1-2-6(5)13-9/h1-3H. The largest absolute Gasteiger partial charge is 0.416 e. The lowest BCUT2D eigenvalue weighted by Gasteiger charge is -2.07. The van der Waals surface area contributed by atoms with E-state index in [0.29, 0.717) is 4.90 Å². The first-order valence-electron chi connectivity index (χ1n) is 3.10. The zero-order valence-corrected chi connectivity index (χ0v) is 8.36. The fourth-order valence-corrected chi connectivity index (χ4v) is 1.81. The third-order valence-corrected chi connectivity index (χ3v) is 2.79. The molecule has 1 aromatic carbocycles. The van der Waals surface area contributed by atoms with Crippen molar-refractivity contribution in [1.82, 2.24) is 0 Å². The van der Waals surface area contributed by atoms with Gasteiger partial charge in [-0.05, 0) is 39.9 Å².